The zero-order chi connectivity index (χ0) is 90.1. The Hall–Kier alpha value is -18.8. The van der Waals surface area contributed by atoms with Gasteiger partial charge < -0.3 is 17.8 Å². The van der Waals surface area contributed by atoms with Gasteiger partial charge in [0.05, 0.1) is 99.8 Å². The summed E-state index contributed by atoms with van der Waals surface area (Å²) in [4.78, 5) is 31.7. The Morgan fingerprint density at radius 3 is 1.17 bits per heavy atom. The van der Waals surface area contributed by atoms with Crippen LogP contribution in [-0.2, 0) is 0 Å². The molecule has 0 fully saturated rings. The average molecular weight is 1760 g/mol. The van der Waals surface area contributed by atoms with Gasteiger partial charge in [0, 0.05) is 103 Å². The number of para-hydroxylation sites is 6. The van der Waals surface area contributed by atoms with E-state index < -0.39 is 0 Å². The first-order valence-corrected chi connectivity index (χ1v) is 46.9. The van der Waals surface area contributed by atoms with E-state index in [1.165, 1.54) is 164 Å². The molecule has 0 atom stereocenters. The highest BCUT2D eigenvalue weighted by molar-refractivity contribution is 6.36. The summed E-state index contributed by atoms with van der Waals surface area (Å²) in [7, 11) is 0. The largest absolute Gasteiger partial charge is 0.452 e. The first-order chi connectivity index (χ1) is 68.5. The second-order valence-electron chi connectivity index (χ2n) is 36.1. The number of rotatable bonds is 8. The van der Waals surface area contributed by atoms with Crippen LogP contribution in [0.4, 0.5) is 0 Å². The maximum Gasteiger partial charge on any atom is 0.236 e. The first kappa shape index (κ1) is 75.8. The van der Waals surface area contributed by atoms with Gasteiger partial charge in [-0.3, -0.25) is 9.13 Å². The number of hydrogen-bond acceptors (Lipinski definition) is 7. The van der Waals surface area contributed by atoms with Gasteiger partial charge in [-0.25, -0.2) is 29.9 Å². The third kappa shape index (κ3) is 11.0. The maximum atomic E-state index is 6.39. The molecule has 0 radical (unpaired) electrons. The van der Waals surface area contributed by atoms with Crippen LogP contribution in [0.15, 0.2) is 447 Å². The fourth-order valence-corrected chi connectivity index (χ4v) is 23.1. The van der Waals surface area contributed by atoms with Crippen LogP contribution >= 0.6 is 0 Å². The van der Waals surface area contributed by atoms with Crippen molar-refractivity contribution in [3.63, 3.8) is 0 Å². The molecule has 1 aliphatic carbocycles. The lowest BCUT2D eigenvalue weighted by Crippen LogP contribution is -2.03. The molecular weight excluding hydrogens is 1680 g/mol. The highest BCUT2D eigenvalue weighted by Crippen LogP contribution is 2.53. The van der Waals surface area contributed by atoms with Crippen LogP contribution in [0.25, 0.3) is 292 Å². The Morgan fingerprint density at radius 2 is 0.580 bits per heavy atom. The first-order valence-electron chi connectivity index (χ1n) is 46.9. The molecule has 0 N–H and O–H groups in total. The molecule has 31 aromatic rings. The van der Waals surface area contributed by atoms with Crippen molar-refractivity contribution >= 4 is 196 Å². The molecule has 0 unspecified atom stereocenters. The molecular formula is C126H73N11O. The van der Waals surface area contributed by atoms with Crippen LogP contribution in [0.5, 0.6) is 0 Å². The lowest BCUT2D eigenvalue weighted by molar-refractivity contribution is 0.666. The minimum Gasteiger partial charge on any atom is -0.452 e. The molecule has 0 bridgehead atoms. The molecule has 0 amide bonds. The van der Waals surface area contributed by atoms with Gasteiger partial charge >= 0.3 is 0 Å². The molecule has 12 nitrogen and oxygen atoms in total. The van der Waals surface area contributed by atoms with E-state index in [9.17, 15) is 0 Å². The quantitative estimate of drug-likeness (QED) is 0.149. The van der Waals surface area contributed by atoms with Gasteiger partial charge in [0.1, 0.15) is 16.8 Å². The lowest BCUT2D eigenvalue weighted by atomic mass is 9.93. The van der Waals surface area contributed by atoms with Gasteiger partial charge in [0.15, 0.2) is 5.58 Å². The predicted octanol–water partition coefficient (Wildman–Crippen LogP) is 32.4. The van der Waals surface area contributed by atoms with Crippen LogP contribution in [0, 0.1) is 0 Å². The molecule has 638 valence electrons. The van der Waals surface area contributed by atoms with Crippen LogP contribution < -0.4 is 0 Å². The van der Waals surface area contributed by atoms with Crippen molar-refractivity contribution in [3.05, 3.63) is 443 Å². The second-order valence-corrected chi connectivity index (χ2v) is 36.1. The number of hydrogen-bond donors (Lipinski definition) is 0. The Morgan fingerprint density at radius 1 is 0.188 bits per heavy atom. The summed E-state index contributed by atoms with van der Waals surface area (Å²) >= 11 is 0. The van der Waals surface area contributed by atoms with Crippen LogP contribution in [0.1, 0.15) is 0 Å². The summed E-state index contributed by atoms with van der Waals surface area (Å²) in [5.41, 5.74) is 35.2. The van der Waals surface area contributed by atoms with Crippen molar-refractivity contribution in [1.82, 2.24) is 52.4 Å². The molecule has 0 saturated carbocycles. The normalized spacial score (nSPS) is 12.2. The molecule has 0 aliphatic heterocycles. The summed E-state index contributed by atoms with van der Waals surface area (Å²) in [6.45, 7) is 0. The standard InChI is InChI=1S/2C44H26N4.C38H21N3O/c1-3-12-27(13-4-1)42-43(28-14-5-2-6-15-28)46-35-26-29(22-24-34(35)45-42)47-38-21-11-18-32-30-16-7-9-19-36(30)48-37-20-10-8-17-31(37)33-23-25-39(47)41(40(32)38)44(33)48;1-2-11-27(12-3-1)28-21-23-29(24-22-28)42-34-15-4-7-17-35(34)45-44(46-42)48-38-20-10-16-32-30-13-5-8-18-36(30)47-37-19-9-6-14-31(37)33-25-26-39(48)41(40(32)38)43(33)47;1-2-10-23(11-3-1)35-37-36(28-15-6-7-19-31(28)42-37)40-38(39-35)41-29-18-9-17-27-25-14-5-4-13-24(25)26-16-8-12-22-20-21-30(41)34(32(22)26)33(27)29/h2*1-26H;1-21H. The smallest absolute Gasteiger partial charge is 0.236 e. The Bertz CT molecular complexity index is 10600. The van der Waals surface area contributed by atoms with Crippen molar-refractivity contribution in [2.75, 3.05) is 0 Å². The maximum absolute atomic E-state index is 6.39. The molecule has 12 heteroatoms. The van der Waals surface area contributed by atoms with E-state index in [0.717, 1.165) is 111 Å². The number of fused-ring (bicyclic) bond motifs is 20. The zero-order valence-corrected chi connectivity index (χ0v) is 74.0. The fraction of sp³-hybridized carbons (Fsp3) is 0. The Kier molecular flexibility index (Phi) is 16.1. The van der Waals surface area contributed by atoms with E-state index in [-0.39, 0.29) is 0 Å². The average Bonchev–Trinajstić information content (AvgIpc) is 1.53. The van der Waals surface area contributed by atoms with Crippen molar-refractivity contribution in [2.24, 2.45) is 0 Å². The number of benzene rings is 20. The molecule has 0 spiro atoms. The predicted molar refractivity (Wildman–Crippen MR) is 570 cm³/mol. The van der Waals surface area contributed by atoms with Gasteiger partial charge in [-0.2, -0.15) is 0 Å². The summed E-state index contributed by atoms with van der Waals surface area (Å²) in [6, 6.07) is 157. The van der Waals surface area contributed by atoms with Gasteiger partial charge in [0.25, 0.3) is 0 Å². The minimum atomic E-state index is 0.635. The molecule has 11 heterocycles. The Labute approximate surface area is 786 Å². The third-order valence-electron chi connectivity index (χ3n) is 28.9. The van der Waals surface area contributed by atoms with Crippen LogP contribution in [0.2, 0.25) is 0 Å². The monoisotopic (exact) mass is 1760 g/mol. The highest BCUT2D eigenvalue weighted by atomic mass is 16.3. The van der Waals surface area contributed by atoms with E-state index >= 15 is 0 Å². The van der Waals surface area contributed by atoms with Crippen LogP contribution in [0.3, 0.4) is 0 Å². The molecule has 20 aromatic carbocycles. The zero-order valence-electron chi connectivity index (χ0n) is 74.0. The minimum absolute atomic E-state index is 0.635. The van der Waals surface area contributed by atoms with Gasteiger partial charge in [-0.05, 0) is 152 Å². The summed E-state index contributed by atoms with van der Waals surface area (Å²) in [5, 5.41) is 22.0. The van der Waals surface area contributed by atoms with E-state index in [2.05, 4.69) is 417 Å². The molecule has 0 saturated heterocycles. The van der Waals surface area contributed by atoms with Gasteiger partial charge in [-0.1, -0.05) is 346 Å². The lowest BCUT2D eigenvalue weighted by Gasteiger charge is -2.13. The van der Waals surface area contributed by atoms with Crippen molar-refractivity contribution in [3.8, 4) is 96.0 Å². The van der Waals surface area contributed by atoms with Gasteiger partial charge in [0.2, 0.25) is 11.9 Å². The van der Waals surface area contributed by atoms with E-state index in [1.54, 1.807) is 0 Å². The summed E-state index contributed by atoms with van der Waals surface area (Å²) in [6.07, 6.45) is 0. The molecule has 32 rings (SSSR count). The summed E-state index contributed by atoms with van der Waals surface area (Å²) in [5.74, 6) is 1.31. The Balaban J connectivity index is 0.0000000981. The highest BCUT2D eigenvalue weighted by Gasteiger charge is 2.31. The van der Waals surface area contributed by atoms with Crippen molar-refractivity contribution in [2.45, 2.75) is 0 Å². The second kappa shape index (κ2) is 29.4. The van der Waals surface area contributed by atoms with Crippen molar-refractivity contribution in [1.29, 1.82) is 0 Å². The SMILES string of the molecule is c1ccc(-c2ccc(-c3nc(-n4c5cccc6c7ccccc7n7c8ccccc8c8ccc4c(c65)c87)nc4ccccc34)cc2)cc1.c1ccc(-c2nc(-n3c4cccc5c4c4c6c(cccc6ccc43)-c3ccccc3-5)nc3c2oc2ccccc23)cc1.c1ccc(-c2nc3ccc(-n4c5cccc6c7ccccc7n7c8ccccc8c8ccc4c(c65)c87)cc3nc2-c2ccccc2)cc1. The fourth-order valence-electron chi connectivity index (χ4n) is 23.1. The van der Waals surface area contributed by atoms with E-state index in [4.69, 9.17) is 34.3 Å². The topological polar surface area (TPSA) is 114 Å². The summed E-state index contributed by atoms with van der Waals surface area (Å²) < 4.78 is 18.3. The van der Waals surface area contributed by atoms with Gasteiger partial charge in [-0.15, -0.1) is 0 Å². The number of aromatic nitrogens is 11. The molecule has 138 heavy (non-hydrogen) atoms. The van der Waals surface area contributed by atoms with E-state index in [1.807, 2.05) is 48.5 Å². The number of furan rings is 1. The van der Waals surface area contributed by atoms with E-state index in [0.29, 0.717) is 17.5 Å². The van der Waals surface area contributed by atoms with Crippen LogP contribution in [-0.4, -0.2) is 52.4 Å². The van der Waals surface area contributed by atoms with Crippen molar-refractivity contribution < 1.29 is 4.42 Å². The molecule has 11 aromatic heterocycles. The molecule has 1 aliphatic rings. The third-order valence-corrected chi connectivity index (χ3v) is 28.9. The number of nitrogens with zero attached hydrogens (tertiary/aromatic N) is 11.